The molecule has 4 rings (SSSR count). The maximum absolute atomic E-state index is 12.8. The average Bonchev–Trinajstić information content (AvgIpc) is 3.10. The molecule has 7 nitrogen and oxygen atoms in total. The topological polar surface area (TPSA) is 83.3 Å². The van der Waals surface area contributed by atoms with Gasteiger partial charge in [-0.15, -0.1) is 0 Å². The Morgan fingerprint density at radius 3 is 2.67 bits per heavy atom. The first-order chi connectivity index (χ1) is 14.2. The lowest BCUT2D eigenvalue weighted by atomic mass is 9.84. The second kappa shape index (κ2) is 7.72. The van der Waals surface area contributed by atoms with Crippen molar-refractivity contribution < 1.29 is 9.90 Å². The quantitative estimate of drug-likeness (QED) is 0.685. The molecule has 2 N–H and O–H groups in total. The number of nitrogens with one attached hydrogen (secondary N) is 1. The van der Waals surface area contributed by atoms with Crippen molar-refractivity contribution in [2.45, 2.75) is 51.2 Å². The van der Waals surface area contributed by atoms with E-state index in [1.807, 2.05) is 68.0 Å². The van der Waals surface area contributed by atoms with Crippen molar-refractivity contribution >= 4 is 28.2 Å². The van der Waals surface area contributed by atoms with E-state index in [0.29, 0.717) is 5.69 Å². The Labute approximate surface area is 176 Å². The molecule has 3 aromatic rings. The van der Waals surface area contributed by atoms with Gasteiger partial charge in [-0.3, -0.25) is 9.48 Å². The number of fused-ring (bicyclic) bond motifs is 1. The third-order valence-electron chi connectivity index (χ3n) is 5.90. The number of anilines is 2. The fourth-order valence-corrected chi connectivity index (χ4v) is 4.08. The molecular weight excluding hydrogens is 378 g/mol. The summed E-state index contributed by atoms with van der Waals surface area (Å²) < 4.78 is 2.02. The van der Waals surface area contributed by atoms with E-state index in [-0.39, 0.29) is 11.9 Å². The summed E-state index contributed by atoms with van der Waals surface area (Å²) in [6.07, 6.45) is 5.41. The third kappa shape index (κ3) is 4.16. The van der Waals surface area contributed by atoms with E-state index < -0.39 is 5.60 Å². The summed E-state index contributed by atoms with van der Waals surface area (Å²) in [4.78, 5) is 19.0. The summed E-state index contributed by atoms with van der Waals surface area (Å²) in [6, 6.07) is 9.68. The van der Waals surface area contributed by atoms with Gasteiger partial charge in [-0.2, -0.15) is 5.10 Å². The van der Waals surface area contributed by atoms with Crippen LogP contribution in [0.25, 0.3) is 10.9 Å². The Kier molecular flexibility index (Phi) is 5.24. The second-order valence-electron chi connectivity index (χ2n) is 8.78. The largest absolute Gasteiger partial charge is 0.390 e. The van der Waals surface area contributed by atoms with Crippen molar-refractivity contribution in [1.29, 1.82) is 0 Å². The van der Waals surface area contributed by atoms with Crippen molar-refractivity contribution in [2.24, 2.45) is 0 Å². The van der Waals surface area contributed by atoms with Gasteiger partial charge < -0.3 is 15.3 Å². The molecule has 158 valence electrons. The van der Waals surface area contributed by atoms with Gasteiger partial charge in [-0.05, 0) is 63.8 Å². The lowest BCUT2D eigenvalue weighted by Crippen LogP contribution is -2.31. The van der Waals surface area contributed by atoms with E-state index in [1.54, 1.807) is 6.07 Å². The lowest BCUT2D eigenvalue weighted by molar-refractivity contribution is 0.00860. The summed E-state index contributed by atoms with van der Waals surface area (Å²) >= 11 is 0. The van der Waals surface area contributed by atoms with Crippen LogP contribution in [0.2, 0.25) is 0 Å². The van der Waals surface area contributed by atoms with Gasteiger partial charge in [-0.1, -0.05) is 6.07 Å². The van der Waals surface area contributed by atoms with Gasteiger partial charge in [0.1, 0.15) is 5.69 Å². The molecule has 0 spiro atoms. The summed E-state index contributed by atoms with van der Waals surface area (Å²) in [6.45, 7) is 3.78. The van der Waals surface area contributed by atoms with Gasteiger partial charge in [0.15, 0.2) is 0 Å². The number of aromatic nitrogens is 3. The molecule has 2 heterocycles. The van der Waals surface area contributed by atoms with Gasteiger partial charge in [-0.25, -0.2) is 4.98 Å². The normalized spacial score (nSPS) is 21.6. The molecule has 1 fully saturated rings. The van der Waals surface area contributed by atoms with Gasteiger partial charge in [0, 0.05) is 31.4 Å². The molecule has 0 atom stereocenters. The molecule has 30 heavy (non-hydrogen) atoms. The minimum Gasteiger partial charge on any atom is -0.390 e. The summed E-state index contributed by atoms with van der Waals surface area (Å²) in [5.41, 5.74) is 3.14. The van der Waals surface area contributed by atoms with Crippen LogP contribution in [0, 0.1) is 6.92 Å². The maximum atomic E-state index is 12.8. The molecule has 1 aromatic carbocycles. The number of hydrogen-bond donors (Lipinski definition) is 2. The molecule has 0 bridgehead atoms. The fourth-order valence-electron chi connectivity index (χ4n) is 4.08. The van der Waals surface area contributed by atoms with Crippen LogP contribution < -0.4 is 10.2 Å². The minimum absolute atomic E-state index is 0.233. The Bertz CT molecular complexity index is 1080. The first-order valence-corrected chi connectivity index (χ1v) is 10.4. The SMILES string of the molecule is Cc1cccc(C(=O)Nc2cc3cn(C4CCC(C)(O)CC4)nc3cc2N(C)C)n1. The van der Waals surface area contributed by atoms with Gasteiger partial charge in [0.25, 0.3) is 5.91 Å². The summed E-state index contributed by atoms with van der Waals surface area (Å²) in [7, 11) is 3.89. The molecule has 1 amide bonds. The number of aliphatic hydroxyl groups is 1. The van der Waals surface area contributed by atoms with Crippen LogP contribution in [0.4, 0.5) is 11.4 Å². The Hall–Kier alpha value is -2.93. The van der Waals surface area contributed by atoms with Crippen molar-refractivity contribution in [3.05, 3.63) is 47.9 Å². The molecule has 1 aliphatic carbocycles. The van der Waals surface area contributed by atoms with E-state index in [2.05, 4.69) is 10.3 Å². The summed E-state index contributed by atoms with van der Waals surface area (Å²) in [5.74, 6) is -0.233. The van der Waals surface area contributed by atoms with E-state index in [4.69, 9.17) is 5.10 Å². The Balaban J connectivity index is 1.64. The monoisotopic (exact) mass is 407 g/mol. The first kappa shape index (κ1) is 20.3. The Morgan fingerprint density at radius 2 is 2.00 bits per heavy atom. The van der Waals surface area contributed by atoms with Crippen LogP contribution in [0.1, 0.15) is 54.8 Å². The van der Waals surface area contributed by atoms with E-state index >= 15 is 0 Å². The zero-order valence-corrected chi connectivity index (χ0v) is 18.0. The number of carbonyl (C=O) groups is 1. The minimum atomic E-state index is -0.567. The van der Waals surface area contributed by atoms with Gasteiger partial charge in [0.2, 0.25) is 0 Å². The highest BCUT2D eigenvalue weighted by Crippen LogP contribution is 2.36. The van der Waals surface area contributed by atoms with Crippen LogP contribution in [0.15, 0.2) is 36.5 Å². The molecule has 1 saturated carbocycles. The first-order valence-electron chi connectivity index (χ1n) is 10.4. The number of hydrogen-bond acceptors (Lipinski definition) is 5. The van der Waals surface area contributed by atoms with E-state index in [9.17, 15) is 9.90 Å². The number of carbonyl (C=O) groups excluding carboxylic acids is 1. The molecule has 0 aliphatic heterocycles. The molecule has 0 saturated heterocycles. The highest BCUT2D eigenvalue weighted by Gasteiger charge is 2.30. The predicted octanol–water partition coefficient (Wildman–Crippen LogP) is 3.92. The van der Waals surface area contributed by atoms with Crippen molar-refractivity contribution in [3.63, 3.8) is 0 Å². The van der Waals surface area contributed by atoms with Crippen LogP contribution in [0.5, 0.6) is 0 Å². The van der Waals surface area contributed by atoms with E-state index in [1.165, 1.54) is 0 Å². The smallest absolute Gasteiger partial charge is 0.274 e. The number of benzene rings is 1. The number of pyridine rings is 1. The third-order valence-corrected chi connectivity index (χ3v) is 5.90. The molecule has 7 heteroatoms. The van der Waals surface area contributed by atoms with Crippen LogP contribution in [0.3, 0.4) is 0 Å². The fraction of sp³-hybridized carbons (Fsp3) is 0.435. The Morgan fingerprint density at radius 1 is 1.27 bits per heavy atom. The molecule has 1 aliphatic rings. The standard InChI is InChI=1S/C23H29N5O2/c1-15-6-5-7-18(24-15)22(29)25-20-12-16-14-28(17-8-10-23(2,30)11-9-17)26-19(16)13-21(20)27(3)4/h5-7,12-14,17,30H,8-11H2,1-4H3,(H,25,29). The molecule has 0 unspecified atom stereocenters. The number of amides is 1. The molecule has 0 radical (unpaired) electrons. The van der Waals surface area contributed by atoms with Crippen molar-refractivity contribution in [2.75, 3.05) is 24.3 Å². The lowest BCUT2D eigenvalue weighted by Gasteiger charge is -2.33. The predicted molar refractivity (Wildman–Crippen MR) is 119 cm³/mol. The van der Waals surface area contributed by atoms with Gasteiger partial charge in [0.05, 0.1) is 28.5 Å². The number of nitrogens with zero attached hydrogens (tertiary/aromatic N) is 4. The average molecular weight is 408 g/mol. The van der Waals surface area contributed by atoms with Crippen LogP contribution in [-0.4, -0.2) is 45.5 Å². The van der Waals surface area contributed by atoms with Gasteiger partial charge >= 0.3 is 0 Å². The summed E-state index contributed by atoms with van der Waals surface area (Å²) in [5, 5.41) is 19.0. The van der Waals surface area contributed by atoms with E-state index in [0.717, 1.165) is 53.7 Å². The maximum Gasteiger partial charge on any atom is 0.274 e. The second-order valence-corrected chi connectivity index (χ2v) is 8.78. The highest BCUT2D eigenvalue weighted by atomic mass is 16.3. The zero-order valence-electron chi connectivity index (χ0n) is 18.0. The zero-order chi connectivity index (χ0) is 21.5. The van der Waals surface area contributed by atoms with Crippen molar-refractivity contribution in [3.8, 4) is 0 Å². The number of aryl methyl sites for hydroxylation is 1. The van der Waals surface area contributed by atoms with Crippen LogP contribution >= 0.6 is 0 Å². The molecular formula is C23H29N5O2. The van der Waals surface area contributed by atoms with Crippen LogP contribution in [-0.2, 0) is 0 Å². The van der Waals surface area contributed by atoms with Crippen molar-refractivity contribution in [1.82, 2.24) is 14.8 Å². The number of rotatable bonds is 4. The highest BCUT2D eigenvalue weighted by molar-refractivity contribution is 6.06. The molecule has 2 aromatic heterocycles.